The number of imidazole rings is 2. The number of aromatic nitrogens is 4. The van der Waals surface area contributed by atoms with Gasteiger partial charge in [-0.3, -0.25) is 4.79 Å². The Labute approximate surface area is 186 Å². The second-order valence-corrected chi connectivity index (χ2v) is 8.34. The topological polar surface area (TPSA) is 75.6 Å². The van der Waals surface area contributed by atoms with Crippen LogP contribution in [0.5, 0.6) is 0 Å². The number of amides is 1. The zero-order valence-electron chi connectivity index (χ0n) is 17.6. The molecule has 0 spiro atoms. The van der Waals surface area contributed by atoms with Gasteiger partial charge >= 0.3 is 0 Å². The number of H-pyrrole nitrogens is 1. The molecule has 1 atom stereocenters. The maximum absolute atomic E-state index is 12.8. The van der Waals surface area contributed by atoms with Gasteiger partial charge in [0.1, 0.15) is 11.9 Å². The monoisotopic (exact) mass is 431 g/mol. The highest BCUT2D eigenvalue weighted by Gasteiger charge is 2.21. The van der Waals surface area contributed by atoms with E-state index >= 15 is 0 Å². The fourth-order valence-electron chi connectivity index (χ4n) is 3.43. The molecule has 0 radical (unpaired) electrons. The molecule has 0 aliphatic heterocycles. The minimum absolute atomic E-state index is 0.0690. The van der Waals surface area contributed by atoms with Gasteiger partial charge in [0.25, 0.3) is 0 Å². The molecule has 4 aromatic rings. The van der Waals surface area contributed by atoms with E-state index in [4.69, 9.17) is 0 Å². The van der Waals surface area contributed by atoms with E-state index < -0.39 is 0 Å². The number of aromatic amines is 1. The molecule has 0 aliphatic rings. The minimum atomic E-state index is -0.304. The second kappa shape index (κ2) is 9.66. The van der Waals surface area contributed by atoms with Crippen LogP contribution in [0.1, 0.15) is 34.4 Å². The summed E-state index contributed by atoms with van der Waals surface area (Å²) in [7, 11) is 1.93. The number of aryl methyl sites for hydroxylation is 2. The quantitative estimate of drug-likeness (QED) is 0.413. The van der Waals surface area contributed by atoms with Crippen molar-refractivity contribution < 1.29 is 4.79 Å². The molecule has 158 valence electrons. The highest BCUT2D eigenvalue weighted by molar-refractivity contribution is 7.99. The van der Waals surface area contributed by atoms with Crippen molar-refractivity contribution in [3.8, 4) is 0 Å². The Balaban J connectivity index is 1.41. The molecule has 0 bridgehead atoms. The van der Waals surface area contributed by atoms with Gasteiger partial charge in [0.15, 0.2) is 5.16 Å². The number of carbonyl (C=O) groups excluding carboxylic acids is 1. The molecule has 7 heteroatoms. The van der Waals surface area contributed by atoms with Gasteiger partial charge in [0, 0.05) is 31.6 Å². The first-order valence-corrected chi connectivity index (χ1v) is 11.1. The number of carbonyl (C=O) groups is 1. The van der Waals surface area contributed by atoms with Crippen molar-refractivity contribution in [2.24, 2.45) is 7.05 Å². The highest BCUT2D eigenvalue weighted by atomic mass is 32.2. The van der Waals surface area contributed by atoms with Crippen molar-refractivity contribution >= 4 is 17.7 Å². The molecule has 0 unspecified atom stereocenters. The molecule has 1 amide bonds. The molecule has 0 saturated heterocycles. The van der Waals surface area contributed by atoms with Gasteiger partial charge in [-0.25, -0.2) is 9.97 Å². The Morgan fingerprint density at radius 1 is 1.13 bits per heavy atom. The summed E-state index contributed by atoms with van der Waals surface area (Å²) in [6.07, 6.45) is 4.39. The molecule has 0 fully saturated rings. The number of hydrogen-bond acceptors (Lipinski definition) is 4. The average Bonchev–Trinajstić information content (AvgIpc) is 3.37. The van der Waals surface area contributed by atoms with Crippen molar-refractivity contribution in [1.29, 1.82) is 0 Å². The van der Waals surface area contributed by atoms with Crippen molar-refractivity contribution in [1.82, 2.24) is 24.8 Å². The summed E-state index contributed by atoms with van der Waals surface area (Å²) in [6, 6.07) is 19.8. The predicted octanol–water partition coefficient (Wildman–Crippen LogP) is 4.04. The fraction of sp³-hybridized carbons (Fsp3) is 0.208. The van der Waals surface area contributed by atoms with Gasteiger partial charge < -0.3 is 14.9 Å². The van der Waals surface area contributed by atoms with Crippen molar-refractivity contribution in [2.45, 2.75) is 24.5 Å². The van der Waals surface area contributed by atoms with Gasteiger partial charge in [-0.15, -0.1) is 0 Å². The number of thioether (sulfide) groups is 1. The molecular formula is C24H25N5OS. The lowest BCUT2D eigenvalue weighted by atomic mass is 10.1. The first-order valence-electron chi connectivity index (χ1n) is 10.1. The molecule has 2 aromatic carbocycles. The first-order chi connectivity index (χ1) is 15.1. The lowest BCUT2D eigenvalue weighted by molar-refractivity contribution is -0.119. The highest BCUT2D eigenvalue weighted by Crippen LogP contribution is 2.22. The Morgan fingerprint density at radius 3 is 2.52 bits per heavy atom. The maximum atomic E-state index is 12.8. The Kier molecular flexibility index (Phi) is 6.52. The molecule has 0 aliphatic carbocycles. The van der Waals surface area contributed by atoms with Crippen LogP contribution in [0.4, 0.5) is 0 Å². The summed E-state index contributed by atoms with van der Waals surface area (Å²) in [5, 5.41) is 3.88. The van der Waals surface area contributed by atoms with E-state index in [1.165, 1.54) is 17.3 Å². The Morgan fingerprint density at radius 2 is 1.84 bits per heavy atom. The maximum Gasteiger partial charge on any atom is 0.231 e. The molecule has 6 nitrogen and oxygen atoms in total. The Hall–Kier alpha value is -3.32. The predicted molar refractivity (Wildman–Crippen MR) is 123 cm³/mol. The molecule has 0 saturated carbocycles. The summed E-state index contributed by atoms with van der Waals surface area (Å²) >= 11 is 1.41. The third-order valence-electron chi connectivity index (χ3n) is 5.07. The SMILES string of the molecule is Cc1[nH]c(SCC(=O)N[C@@H](c2ccccc2)c2nccn2C)nc1Cc1ccccc1. The Bertz CT molecular complexity index is 1140. The normalized spacial score (nSPS) is 11.9. The molecule has 4 rings (SSSR count). The third-order valence-corrected chi connectivity index (χ3v) is 5.95. The van der Waals surface area contributed by atoms with Crippen molar-refractivity contribution in [2.75, 3.05) is 5.75 Å². The van der Waals surface area contributed by atoms with Crippen LogP contribution in [-0.2, 0) is 18.3 Å². The van der Waals surface area contributed by atoms with Crippen LogP contribution < -0.4 is 5.32 Å². The molecule has 2 N–H and O–H groups in total. The van der Waals surface area contributed by atoms with E-state index in [2.05, 4.69) is 32.4 Å². The fourth-order valence-corrected chi connectivity index (χ4v) is 4.18. The summed E-state index contributed by atoms with van der Waals surface area (Å²) in [5.74, 6) is 0.995. The van der Waals surface area contributed by atoms with Crippen LogP contribution >= 0.6 is 11.8 Å². The molecule has 2 aromatic heterocycles. The zero-order chi connectivity index (χ0) is 21.6. The van der Waals surface area contributed by atoms with Crippen molar-refractivity contribution in [3.63, 3.8) is 0 Å². The number of benzene rings is 2. The zero-order valence-corrected chi connectivity index (χ0v) is 18.4. The van der Waals surface area contributed by atoms with Crippen LogP contribution in [0.15, 0.2) is 78.2 Å². The van der Waals surface area contributed by atoms with E-state index in [1.807, 2.05) is 73.3 Å². The number of hydrogen-bond donors (Lipinski definition) is 2. The smallest absolute Gasteiger partial charge is 0.231 e. The summed E-state index contributed by atoms with van der Waals surface area (Å²) < 4.78 is 1.93. The molecule has 2 heterocycles. The van der Waals surface area contributed by atoms with Crippen LogP contribution in [0, 0.1) is 6.92 Å². The summed E-state index contributed by atoms with van der Waals surface area (Å²) in [6.45, 7) is 2.02. The van der Waals surface area contributed by atoms with Gasteiger partial charge in [-0.2, -0.15) is 0 Å². The van der Waals surface area contributed by atoms with Gasteiger partial charge in [0.05, 0.1) is 11.4 Å². The lowest BCUT2D eigenvalue weighted by Crippen LogP contribution is -2.32. The molecule has 31 heavy (non-hydrogen) atoms. The van der Waals surface area contributed by atoms with E-state index in [1.54, 1.807) is 6.20 Å². The summed E-state index contributed by atoms with van der Waals surface area (Å²) in [4.78, 5) is 25.2. The number of nitrogens with one attached hydrogen (secondary N) is 2. The first kappa shape index (κ1) is 20.9. The van der Waals surface area contributed by atoms with Crippen molar-refractivity contribution in [3.05, 3.63) is 101 Å². The van der Waals surface area contributed by atoms with E-state index in [9.17, 15) is 4.79 Å². The van der Waals surface area contributed by atoms with E-state index in [0.29, 0.717) is 0 Å². The van der Waals surface area contributed by atoms with Gasteiger partial charge in [-0.1, -0.05) is 72.4 Å². The van der Waals surface area contributed by atoms with Gasteiger partial charge in [-0.05, 0) is 18.1 Å². The average molecular weight is 432 g/mol. The standard InChI is InChI=1S/C24H25N5OS/c1-17-20(15-18-9-5-3-6-10-18)27-24(26-17)31-16-21(30)28-22(19-11-7-4-8-12-19)23-25-13-14-29(23)2/h3-14,22H,15-16H2,1-2H3,(H,26,27)(H,28,30)/t22-/m0/s1. The lowest BCUT2D eigenvalue weighted by Gasteiger charge is -2.19. The van der Waals surface area contributed by atoms with Crippen LogP contribution in [-0.4, -0.2) is 31.2 Å². The number of nitrogens with zero attached hydrogens (tertiary/aromatic N) is 3. The minimum Gasteiger partial charge on any atom is -0.341 e. The second-order valence-electron chi connectivity index (χ2n) is 7.37. The number of rotatable bonds is 8. The summed E-state index contributed by atoms with van der Waals surface area (Å²) in [5.41, 5.74) is 4.24. The third kappa shape index (κ3) is 5.24. The van der Waals surface area contributed by atoms with Crippen LogP contribution in [0.25, 0.3) is 0 Å². The van der Waals surface area contributed by atoms with Crippen LogP contribution in [0.3, 0.4) is 0 Å². The van der Waals surface area contributed by atoms with E-state index in [-0.39, 0.29) is 17.7 Å². The molecular weight excluding hydrogens is 406 g/mol. The van der Waals surface area contributed by atoms with E-state index in [0.717, 1.165) is 34.4 Å². The van der Waals surface area contributed by atoms with Gasteiger partial charge in [0.2, 0.25) is 5.91 Å². The van der Waals surface area contributed by atoms with Crippen LogP contribution in [0.2, 0.25) is 0 Å². The largest absolute Gasteiger partial charge is 0.341 e.